The van der Waals surface area contributed by atoms with E-state index in [9.17, 15) is 4.39 Å². The average Bonchev–Trinajstić information content (AvgIpc) is 2.34. The summed E-state index contributed by atoms with van der Waals surface area (Å²) in [6.45, 7) is 1.85. The van der Waals surface area contributed by atoms with Crippen molar-refractivity contribution in [3.05, 3.63) is 58.9 Å². The largest absolute Gasteiger partial charge is 0.324 e. The molecule has 94 valence electrons. The minimum atomic E-state index is -0.246. The summed E-state index contributed by atoms with van der Waals surface area (Å²) in [5.41, 5.74) is 6.67. The van der Waals surface area contributed by atoms with Gasteiger partial charge in [0.2, 0.25) is 0 Å². The number of hydrogen-bond acceptors (Lipinski definition) is 2. The molecule has 1 unspecified atom stereocenters. The van der Waals surface area contributed by atoms with E-state index in [1.54, 1.807) is 18.2 Å². The lowest BCUT2D eigenvalue weighted by Crippen LogP contribution is -2.07. The maximum Gasteiger partial charge on any atom is 0.137 e. The fourth-order valence-electron chi connectivity index (χ4n) is 1.61. The first-order valence-corrected chi connectivity index (χ1v) is 6.75. The highest BCUT2D eigenvalue weighted by molar-refractivity contribution is 7.99. The lowest BCUT2D eigenvalue weighted by molar-refractivity contribution is 0.591. The Kier molecular flexibility index (Phi) is 4.27. The third-order valence-electron chi connectivity index (χ3n) is 2.52. The summed E-state index contributed by atoms with van der Waals surface area (Å²) in [5.74, 6) is -0.246. The third-order valence-corrected chi connectivity index (χ3v) is 3.92. The molecule has 1 nitrogen and oxygen atoms in total. The Morgan fingerprint density at radius 2 is 1.83 bits per heavy atom. The van der Waals surface area contributed by atoms with Crippen LogP contribution < -0.4 is 5.73 Å². The van der Waals surface area contributed by atoms with E-state index in [4.69, 9.17) is 17.3 Å². The quantitative estimate of drug-likeness (QED) is 0.886. The molecule has 2 aromatic carbocycles. The average molecular weight is 282 g/mol. The Balaban J connectivity index is 2.36. The first kappa shape index (κ1) is 13.4. The lowest BCUT2D eigenvalue weighted by atomic mass is 10.1. The molecule has 0 aromatic heterocycles. The van der Waals surface area contributed by atoms with Gasteiger partial charge in [0.15, 0.2) is 0 Å². The van der Waals surface area contributed by atoms with E-state index >= 15 is 0 Å². The monoisotopic (exact) mass is 281 g/mol. The molecule has 0 aliphatic carbocycles. The van der Waals surface area contributed by atoms with Crippen molar-refractivity contribution in [3.8, 4) is 0 Å². The van der Waals surface area contributed by atoms with Crippen molar-refractivity contribution in [1.82, 2.24) is 0 Å². The molecule has 18 heavy (non-hydrogen) atoms. The Morgan fingerprint density at radius 3 is 2.44 bits per heavy atom. The van der Waals surface area contributed by atoms with Crippen LogP contribution in [0.2, 0.25) is 5.02 Å². The van der Waals surface area contributed by atoms with Gasteiger partial charge in [-0.05, 0) is 42.8 Å². The highest BCUT2D eigenvalue weighted by Gasteiger charge is 2.12. The Labute approximate surface area is 115 Å². The van der Waals surface area contributed by atoms with Crippen molar-refractivity contribution < 1.29 is 4.39 Å². The zero-order valence-corrected chi connectivity index (χ0v) is 11.4. The highest BCUT2D eigenvalue weighted by atomic mass is 35.5. The molecule has 0 aliphatic rings. The maximum absolute atomic E-state index is 13.9. The summed E-state index contributed by atoms with van der Waals surface area (Å²) < 4.78 is 13.9. The molecule has 4 heteroatoms. The van der Waals surface area contributed by atoms with Gasteiger partial charge < -0.3 is 5.73 Å². The number of benzene rings is 2. The normalized spacial score (nSPS) is 12.4. The van der Waals surface area contributed by atoms with Gasteiger partial charge in [-0.3, -0.25) is 0 Å². The standard InChI is InChI=1S/C14H13ClFNS/c1-9(17)12-3-2-4-13(16)14(12)18-11-7-5-10(15)6-8-11/h2-9H,17H2,1H3. The van der Waals surface area contributed by atoms with Gasteiger partial charge in [-0.25, -0.2) is 4.39 Å². The van der Waals surface area contributed by atoms with Gasteiger partial charge in [0.05, 0.1) is 4.90 Å². The molecule has 2 rings (SSSR count). The third kappa shape index (κ3) is 3.05. The van der Waals surface area contributed by atoms with E-state index in [1.807, 2.05) is 25.1 Å². The second-order valence-electron chi connectivity index (χ2n) is 4.00. The first-order chi connectivity index (χ1) is 8.58. The van der Waals surface area contributed by atoms with E-state index in [1.165, 1.54) is 17.8 Å². The Bertz CT molecular complexity index is 540. The molecule has 0 saturated carbocycles. The van der Waals surface area contributed by atoms with E-state index in [-0.39, 0.29) is 11.9 Å². The zero-order valence-electron chi connectivity index (χ0n) is 9.86. The smallest absolute Gasteiger partial charge is 0.137 e. The number of hydrogen-bond donors (Lipinski definition) is 1. The van der Waals surface area contributed by atoms with Crippen LogP contribution in [0.5, 0.6) is 0 Å². The molecule has 0 heterocycles. The summed E-state index contributed by atoms with van der Waals surface area (Å²) in [7, 11) is 0. The number of rotatable bonds is 3. The molecular weight excluding hydrogens is 269 g/mol. The minimum absolute atomic E-state index is 0.199. The highest BCUT2D eigenvalue weighted by Crippen LogP contribution is 2.35. The molecule has 0 bridgehead atoms. The number of nitrogens with two attached hydrogens (primary N) is 1. The Hall–Kier alpha value is -1.03. The van der Waals surface area contributed by atoms with Crippen LogP contribution in [0.3, 0.4) is 0 Å². The summed E-state index contributed by atoms with van der Waals surface area (Å²) in [5, 5.41) is 0.667. The van der Waals surface area contributed by atoms with Gasteiger partial charge in [-0.1, -0.05) is 35.5 Å². The van der Waals surface area contributed by atoms with Crippen LogP contribution in [-0.4, -0.2) is 0 Å². The van der Waals surface area contributed by atoms with Gasteiger partial charge in [0, 0.05) is 16.0 Å². The molecule has 0 fully saturated rings. The minimum Gasteiger partial charge on any atom is -0.324 e. The second kappa shape index (κ2) is 5.74. The van der Waals surface area contributed by atoms with Crippen molar-refractivity contribution in [1.29, 1.82) is 0 Å². The van der Waals surface area contributed by atoms with Crippen molar-refractivity contribution in [3.63, 3.8) is 0 Å². The summed E-state index contributed by atoms with van der Waals surface area (Å²) in [6, 6.07) is 12.1. The fraction of sp³-hybridized carbons (Fsp3) is 0.143. The SMILES string of the molecule is CC(N)c1cccc(F)c1Sc1ccc(Cl)cc1. The molecule has 0 aliphatic heterocycles. The van der Waals surface area contributed by atoms with Crippen molar-refractivity contribution >= 4 is 23.4 Å². The second-order valence-corrected chi connectivity index (χ2v) is 5.52. The van der Waals surface area contributed by atoms with Crippen LogP contribution in [0.1, 0.15) is 18.5 Å². The Morgan fingerprint density at radius 1 is 1.17 bits per heavy atom. The molecule has 2 aromatic rings. The van der Waals surface area contributed by atoms with Crippen LogP contribution in [0.25, 0.3) is 0 Å². The first-order valence-electron chi connectivity index (χ1n) is 5.55. The van der Waals surface area contributed by atoms with Gasteiger partial charge in [0.1, 0.15) is 5.82 Å². The van der Waals surface area contributed by atoms with Crippen LogP contribution in [0, 0.1) is 5.82 Å². The zero-order chi connectivity index (χ0) is 13.1. The summed E-state index contributed by atoms with van der Waals surface area (Å²) in [6.07, 6.45) is 0. The van der Waals surface area contributed by atoms with Gasteiger partial charge in [0.25, 0.3) is 0 Å². The van der Waals surface area contributed by atoms with E-state index in [0.29, 0.717) is 9.92 Å². The van der Waals surface area contributed by atoms with E-state index in [0.717, 1.165) is 10.5 Å². The predicted octanol–water partition coefficient (Wildman–Crippen LogP) is 4.65. The van der Waals surface area contributed by atoms with Gasteiger partial charge in [-0.2, -0.15) is 0 Å². The molecule has 2 N–H and O–H groups in total. The van der Waals surface area contributed by atoms with Gasteiger partial charge >= 0.3 is 0 Å². The van der Waals surface area contributed by atoms with Crippen molar-refractivity contribution in [2.24, 2.45) is 5.73 Å². The van der Waals surface area contributed by atoms with E-state index < -0.39 is 0 Å². The molecule has 0 saturated heterocycles. The van der Waals surface area contributed by atoms with Gasteiger partial charge in [-0.15, -0.1) is 0 Å². The van der Waals surface area contributed by atoms with Crippen molar-refractivity contribution in [2.75, 3.05) is 0 Å². The maximum atomic E-state index is 13.9. The molecule has 0 amide bonds. The van der Waals surface area contributed by atoms with Crippen LogP contribution in [0.4, 0.5) is 4.39 Å². The summed E-state index contributed by atoms with van der Waals surface area (Å²) >= 11 is 7.19. The number of halogens is 2. The van der Waals surface area contributed by atoms with Crippen LogP contribution in [-0.2, 0) is 0 Å². The fourth-order valence-corrected chi connectivity index (χ4v) is 2.78. The molecule has 1 atom stereocenters. The molecule has 0 radical (unpaired) electrons. The summed E-state index contributed by atoms with van der Waals surface area (Å²) in [4.78, 5) is 1.52. The molecular formula is C14H13ClFNS. The topological polar surface area (TPSA) is 26.0 Å². The van der Waals surface area contributed by atoms with Crippen LogP contribution in [0.15, 0.2) is 52.3 Å². The lowest BCUT2D eigenvalue weighted by Gasteiger charge is -2.13. The van der Waals surface area contributed by atoms with Crippen molar-refractivity contribution in [2.45, 2.75) is 22.8 Å². The van der Waals surface area contributed by atoms with Crippen LogP contribution >= 0.6 is 23.4 Å². The van der Waals surface area contributed by atoms with E-state index in [2.05, 4.69) is 0 Å². The predicted molar refractivity (Wildman–Crippen MR) is 74.6 cm³/mol. The molecule has 0 spiro atoms.